The van der Waals surface area contributed by atoms with Crippen LogP contribution < -0.4 is 0 Å². The number of methoxy groups -OCH3 is 1. The van der Waals surface area contributed by atoms with Crippen LogP contribution in [0, 0.1) is 18.3 Å². The summed E-state index contributed by atoms with van der Waals surface area (Å²) in [5.74, 6) is 2.41. The number of esters is 1. The minimum absolute atomic E-state index is 0.0608. The molecule has 0 aromatic carbocycles. The fourth-order valence-corrected chi connectivity index (χ4v) is 1.80. The summed E-state index contributed by atoms with van der Waals surface area (Å²) in [4.78, 5) is 11.2. The van der Waals surface area contributed by atoms with Gasteiger partial charge in [-0.2, -0.15) is 0 Å². The van der Waals surface area contributed by atoms with Gasteiger partial charge in [0.05, 0.1) is 19.1 Å². The van der Waals surface area contributed by atoms with Crippen molar-refractivity contribution in [2.24, 2.45) is 5.92 Å². The average molecular weight is 196 g/mol. The molecule has 0 radical (unpaired) electrons. The molecule has 0 heterocycles. The second kappa shape index (κ2) is 5.66. The molecule has 1 rings (SSSR count). The number of ether oxygens (including phenoxy) is 2. The largest absolute Gasteiger partial charge is 0.469 e. The monoisotopic (exact) mass is 196 g/mol. The molecule has 0 aliphatic heterocycles. The first-order chi connectivity index (χ1) is 6.77. The summed E-state index contributed by atoms with van der Waals surface area (Å²) in [6, 6.07) is 0. The average Bonchev–Trinajstić information content (AvgIpc) is 2.26. The zero-order chi connectivity index (χ0) is 10.4. The summed E-state index contributed by atoms with van der Waals surface area (Å²) in [5, 5.41) is 0. The summed E-state index contributed by atoms with van der Waals surface area (Å²) in [6.45, 7) is 0.369. The summed E-state index contributed by atoms with van der Waals surface area (Å²) >= 11 is 0. The summed E-state index contributed by atoms with van der Waals surface area (Å²) in [6.07, 6.45) is 8.83. The molecule has 14 heavy (non-hydrogen) atoms. The van der Waals surface area contributed by atoms with Crippen molar-refractivity contribution < 1.29 is 14.3 Å². The Bertz CT molecular complexity index is 221. The topological polar surface area (TPSA) is 35.5 Å². The van der Waals surface area contributed by atoms with Crippen LogP contribution in [0.3, 0.4) is 0 Å². The Morgan fingerprint density at radius 2 is 2.07 bits per heavy atom. The van der Waals surface area contributed by atoms with Gasteiger partial charge in [-0.1, -0.05) is 5.92 Å². The summed E-state index contributed by atoms with van der Waals surface area (Å²) in [7, 11) is 1.43. The molecule has 0 bridgehead atoms. The molecular weight excluding hydrogens is 180 g/mol. The molecule has 0 aromatic heterocycles. The van der Waals surface area contributed by atoms with Crippen molar-refractivity contribution in [3.8, 4) is 12.3 Å². The Morgan fingerprint density at radius 3 is 2.57 bits per heavy atom. The first-order valence-corrected chi connectivity index (χ1v) is 4.90. The van der Waals surface area contributed by atoms with Crippen LogP contribution in [0.15, 0.2) is 0 Å². The Labute approximate surface area is 84.8 Å². The van der Waals surface area contributed by atoms with Crippen molar-refractivity contribution in [3.05, 3.63) is 0 Å². The second-order valence-corrected chi connectivity index (χ2v) is 3.51. The van der Waals surface area contributed by atoms with Gasteiger partial charge in [0.1, 0.15) is 6.61 Å². The van der Waals surface area contributed by atoms with Crippen molar-refractivity contribution in [2.75, 3.05) is 13.7 Å². The molecule has 0 atom stereocenters. The molecule has 78 valence electrons. The minimum atomic E-state index is -0.0969. The first-order valence-electron chi connectivity index (χ1n) is 4.90. The van der Waals surface area contributed by atoms with Crippen LogP contribution in [0.25, 0.3) is 0 Å². The van der Waals surface area contributed by atoms with Crippen molar-refractivity contribution in [2.45, 2.75) is 31.8 Å². The van der Waals surface area contributed by atoms with Crippen LogP contribution >= 0.6 is 0 Å². The normalized spacial score (nSPS) is 26.6. The van der Waals surface area contributed by atoms with Gasteiger partial charge in [0.15, 0.2) is 0 Å². The Morgan fingerprint density at radius 1 is 1.43 bits per heavy atom. The van der Waals surface area contributed by atoms with Crippen LogP contribution in [-0.4, -0.2) is 25.8 Å². The molecule has 0 aromatic rings. The van der Waals surface area contributed by atoms with Crippen LogP contribution in [0.2, 0.25) is 0 Å². The lowest BCUT2D eigenvalue weighted by Crippen LogP contribution is -2.27. The van der Waals surface area contributed by atoms with E-state index in [-0.39, 0.29) is 18.0 Å². The van der Waals surface area contributed by atoms with Gasteiger partial charge < -0.3 is 9.47 Å². The fourth-order valence-electron chi connectivity index (χ4n) is 1.80. The molecule has 1 aliphatic rings. The number of rotatable bonds is 3. The molecule has 1 aliphatic carbocycles. The van der Waals surface area contributed by atoms with E-state index < -0.39 is 0 Å². The third-order valence-corrected chi connectivity index (χ3v) is 2.61. The number of terminal acetylenes is 1. The van der Waals surface area contributed by atoms with E-state index in [9.17, 15) is 4.79 Å². The van der Waals surface area contributed by atoms with Gasteiger partial charge in [0.2, 0.25) is 0 Å². The maximum atomic E-state index is 11.2. The minimum Gasteiger partial charge on any atom is -0.469 e. The summed E-state index contributed by atoms with van der Waals surface area (Å²) < 4.78 is 10.1. The highest BCUT2D eigenvalue weighted by Gasteiger charge is 2.26. The van der Waals surface area contributed by atoms with Crippen molar-refractivity contribution in [1.29, 1.82) is 0 Å². The smallest absolute Gasteiger partial charge is 0.308 e. The third kappa shape index (κ3) is 3.04. The molecule has 0 saturated heterocycles. The first kappa shape index (κ1) is 11.1. The lowest BCUT2D eigenvalue weighted by atomic mass is 9.87. The molecule has 1 saturated carbocycles. The van der Waals surface area contributed by atoms with Gasteiger partial charge >= 0.3 is 5.97 Å². The highest BCUT2D eigenvalue weighted by molar-refractivity contribution is 5.72. The highest BCUT2D eigenvalue weighted by Crippen LogP contribution is 2.26. The van der Waals surface area contributed by atoms with Crippen LogP contribution in [0.5, 0.6) is 0 Å². The van der Waals surface area contributed by atoms with Crippen molar-refractivity contribution >= 4 is 5.97 Å². The molecule has 0 unspecified atom stereocenters. The summed E-state index contributed by atoms with van der Waals surface area (Å²) in [5.41, 5.74) is 0. The molecule has 0 amide bonds. The quantitative estimate of drug-likeness (QED) is 0.505. The van der Waals surface area contributed by atoms with E-state index in [1.807, 2.05) is 0 Å². The second-order valence-electron chi connectivity index (χ2n) is 3.51. The fraction of sp³-hybridized carbons (Fsp3) is 0.727. The Balaban J connectivity index is 2.25. The molecule has 0 spiro atoms. The Kier molecular flexibility index (Phi) is 4.48. The van der Waals surface area contributed by atoms with Crippen LogP contribution in [0.4, 0.5) is 0 Å². The van der Waals surface area contributed by atoms with Crippen LogP contribution in [-0.2, 0) is 14.3 Å². The number of carbonyl (C=O) groups is 1. The molecule has 0 N–H and O–H groups in total. The van der Waals surface area contributed by atoms with E-state index in [4.69, 9.17) is 15.9 Å². The van der Waals surface area contributed by atoms with E-state index >= 15 is 0 Å². The van der Waals surface area contributed by atoms with Gasteiger partial charge in [0.25, 0.3) is 0 Å². The maximum absolute atomic E-state index is 11.2. The highest BCUT2D eigenvalue weighted by atomic mass is 16.5. The predicted molar refractivity (Wildman–Crippen MR) is 52.5 cm³/mol. The van der Waals surface area contributed by atoms with Gasteiger partial charge in [-0.25, -0.2) is 0 Å². The standard InChI is InChI=1S/C11H16O3/c1-3-8-14-10-6-4-9(5-7-10)11(12)13-2/h1,9-10H,4-8H2,2H3. The molecule has 3 heteroatoms. The van der Waals surface area contributed by atoms with Gasteiger partial charge in [-0.15, -0.1) is 6.42 Å². The molecule has 3 nitrogen and oxygen atoms in total. The van der Waals surface area contributed by atoms with Gasteiger partial charge in [0, 0.05) is 0 Å². The predicted octanol–water partition coefficient (Wildman–Crippen LogP) is 1.37. The molecule has 1 fully saturated rings. The van der Waals surface area contributed by atoms with E-state index in [1.165, 1.54) is 7.11 Å². The van der Waals surface area contributed by atoms with Crippen molar-refractivity contribution in [1.82, 2.24) is 0 Å². The van der Waals surface area contributed by atoms with E-state index in [1.54, 1.807) is 0 Å². The van der Waals surface area contributed by atoms with Crippen LogP contribution in [0.1, 0.15) is 25.7 Å². The number of hydrogen-bond acceptors (Lipinski definition) is 3. The van der Waals surface area contributed by atoms with Crippen molar-refractivity contribution in [3.63, 3.8) is 0 Å². The van der Waals surface area contributed by atoms with E-state index in [2.05, 4.69) is 5.92 Å². The van der Waals surface area contributed by atoms with E-state index in [0.29, 0.717) is 6.61 Å². The van der Waals surface area contributed by atoms with Gasteiger partial charge in [-0.3, -0.25) is 4.79 Å². The lowest BCUT2D eigenvalue weighted by molar-refractivity contribution is -0.147. The molecular formula is C11H16O3. The van der Waals surface area contributed by atoms with Gasteiger partial charge in [-0.05, 0) is 25.7 Å². The third-order valence-electron chi connectivity index (χ3n) is 2.61. The zero-order valence-electron chi connectivity index (χ0n) is 8.49. The van der Waals surface area contributed by atoms with E-state index in [0.717, 1.165) is 25.7 Å². The Hall–Kier alpha value is -1.01. The SMILES string of the molecule is C#CCOC1CCC(C(=O)OC)CC1. The number of carbonyl (C=O) groups excluding carboxylic acids is 1. The lowest BCUT2D eigenvalue weighted by Gasteiger charge is -2.26. The zero-order valence-corrected chi connectivity index (χ0v) is 8.49. The maximum Gasteiger partial charge on any atom is 0.308 e. The number of hydrogen-bond donors (Lipinski definition) is 0.